The Kier molecular flexibility index (Phi) is 4.76. The van der Waals surface area contributed by atoms with Crippen molar-refractivity contribution in [1.82, 2.24) is 4.90 Å². The highest BCUT2D eigenvalue weighted by Crippen LogP contribution is 2.21. The average molecular weight is 332 g/mol. The quantitative estimate of drug-likeness (QED) is 0.921. The summed E-state index contributed by atoms with van der Waals surface area (Å²) in [4.78, 5) is 13.4. The van der Waals surface area contributed by atoms with Crippen LogP contribution in [-0.4, -0.2) is 41.7 Å². The van der Waals surface area contributed by atoms with Crippen molar-refractivity contribution >= 4 is 21.8 Å². The molecule has 0 bridgehead atoms. The zero-order chi connectivity index (χ0) is 13.8. The number of carbonyl (C=O) groups is 1. The van der Waals surface area contributed by atoms with Crippen molar-refractivity contribution in [3.8, 4) is 5.75 Å². The Morgan fingerprint density at radius 3 is 3.05 bits per heavy atom. The molecule has 0 saturated carbocycles. The lowest BCUT2D eigenvalue weighted by Gasteiger charge is -2.30. The Hall–Kier alpha value is -1.14. The summed E-state index contributed by atoms with van der Waals surface area (Å²) in [7, 11) is 0. The van der Waals surface area contributed by atoms with Crippen molar-refractivity contribution < 1.29 is 19.0 Å². The summed E-state index contributed by atoms with van der Waals surface area (Å²) in [6, 6.07) is 4.40. The van der Waals surface area contributed by atoms with Gasteiger partial charge in [-0.1, -0.05) is 15.9 Å². The van der Waals surface area contributed by atoms with E-state index in [1.807, 2.05) is 0 Å². The maximum atomic E-state index is 13.5. The van der Waals surface area contributed by atoms with Crippen molar-refractivity contribution in [1.29, 1.82) is 0 Å². The largest absolute Gasteiger partial charge is 0.481 e. The highest BCUT2D eigenvalue weighted by atomic mass is 79.9. The summed E-state index contributed by atoms with van der Waals surface area (Å²) in [5.41, 5.74) is 0. The molecule has 1 aromatic carbocycles. The van der Waals surface area contributed by atoms with Gasteiger partial charge in [-0.2, -0.15) is 0 Å². The normalized spacial score (nSPS) is 19.3. The number of ether oxygens (including phenoxy) is 1. The maximum Gasteiger partial charge on any atom is 0.260 e. The Morgan fingerprint density at radius 1 is 1.58 bits per heavy atom. The molecule has 0 unspecified atom stereocenters. The first kappa shape index (κ1) is 14.3. The fraction of sp³-hybridized carbons (Fsp3) is 0.462. The number of nitrogens with zero attached hydrogens (tertiary/aromatic N) is 1. The second-order valence-electron chi connectivity index (χ2n) is 4.50. The van der Waals surface area contributed by atoms with Crippen LogP contribution in [0.5, 0.6) is 5.75 Å². The molecule has 1 aromatic rings. The molecule has 1 N–H and O–H groups in total. The molecule has 6 heteroatoms. The highest BCUT2D eigenvalue weighted by molar-refractivity contribution is 9.10. The monoisotopic (exact) mass is 331 g/mol. The van der Waals surface area contributed by atoms with E-state index in [-0.39, 0.29) is 18.3 Å². The molecule has 1 saturated heterocycles. The number of rotatable bonds is 3. The van der Waals surface area contributed by atoms with Crippen LogP contribution in [0.4, 0.5) is 4.39 Å². The van der Waals surface area contributed by atoms with Crippen LogP contribution in [0.1, 0.15) is 12.8 Å². The number of aliphatic hydroxyl groups excluding tert-OH is 1. The number of hydrogen-bond acceptors (Lipinski definition) is 3. The van der Waals surface area contributed by atoms with Crippen molar-refractivity contribution in [2.24, 2.45) is 0 Å². The summed E-state index contributed by atoms with van der Waals surface area (Å²) in [5, 5.41) is 9.49. The summed E-state index contributed by atoms with van der Waals surface area (Å²) in [5.74, 6) is -0.698. The van der Waals surface area contributed by atoms with Crippen LogP contribution >= 0.6 is 15.9 Å². The summed E-state index contributed by atoms with van der Waals surface area (Å²) >= 11 is 3.15. The summed E-state index contributed by atoms with van der Waals surface area (Å²) < 4.78 is 19.3. The summed E-state index contributed by atoms with van der Waals surface area (Å²) in [6.07, 6.45) is 1.02. The standard InChI is InChI=1S/C13H15BrFNO3/c14-9-3-4-12(11(15)6-9)19-8-13(18)16-5-1-2-10(17)7-16/h3-4,6,10,17H,1-2,5,7-8H2/t10-/m0/s1. The van der Waals surface area contributed by atoms with Gasteiger partial charge < -0.3 is 14.7 Å². The molecule has 1 aliphatic heterocycles. The van der Waals surface area contributed by atoms with Gasteiger partial charge in [0.2, 0.25) is 0 Å². The second-order valence-corrected chi connectivity index (χ2v) is 5.41. The van der Waals surface area contributed by atoms with Crippen LogP contribution in [0, 0.1) is 5.82 Å². The Bertz CT molecular complexity index is 469. The predicted octanol–water partition coefficient (Wildman–Crippen LogP) is 1.95. The van der Waals surface area contributed by atoms with Gasteiger partial charge in [-0.25, -0.2) is 4.39 Å². The zero-order valence-corrected chi connectivity index (χ0v) is 11.9. The van der Waals surface area contributed by atoms with Crippen LogP contribution in [0.3, 0.4) is 0 Å². The molecule has 104 valence electrons. The lowest BCUT2D eigenvalue weighted by atomic mass is 10.1. The Morgan fingerprint density at radius 2 is 2.37 bits per heavy atom. The number of carbonyl (C=O) groups excluding carboxylic acids is 1. The minimum Gasteiger partial charge on any atom is -0.481 e. The summed E-state index contributed by atoms with van der Waals surface area (Å²) in [6.45, 7) is 0.721. The molecule has 4 nitrogen and oxygen atoms in total. The SMILES string of the molecule is O=C(COc1ccc(Br)cc1F)N1CCC[C@H](O)C1. The van der Waals surface area contributed by atoms with Gasteiger partial charge in [-0.3, -0.25) is 4.79 Å². The van der Waals surface area contributed by atoms with E-state index < -0.39 is 11.9 Å². The third-order valence-electron chi connectivity index (χ3n) is 2.99. The van der Waals surface area contributed by atoms with Crippen LogP contribution in [0.25, 0.3) is 0 Å². The topological polar surface area (TPSA) is 49.8 Å². The fourth-order valence-corrected chi connectivity index (χ4v) is 2.34. The minimum absolute atomic E-state index is 0.0501. The molecule has 2 rings (SSSR count). The fourth-order valence-electron chi connectivity index (χ4n) is 2.00. The van der Waals surface area contributed by atoms with Crippen molar-refractivity contribution in [2.75, 3.05) is 19.7 Å². The predicted molar refractivity (Wildman–Crippen MR) is 71.4 cm³/mol. The van der Waals surface area contributed by atoms with E-state index in [4.69, 9.17) is 4.74 Å². The van der Waals surface area contributed by atoms with Crippen LogP contribution < -0.4 is 4.74 Å². The molecule has 1 fully saturated rings. The molecule has 0 radical (unpaired) electrons. The molecular formula is C13H15BrFNO3. The maximum absolute atomic E-state index is 13.5. The van der Waals surface area contributed by atoms with Crippen molar-refractivity contribution in [2.45, 2.75) is 18.9 Å². The van der Waals surface area contributed by atoms with Gasteiger partial charge >= 0.3 is 0 Å². The van der Waals surface area contributed by atoms with Crippen LogP contribution in [-0.2, 0) is 4.79 Å². The number of benzene rings is 1. The number of piperidine rings is 1. The molecule has 1 amide bonds. The van der Waals surface area contributed by atoms with E-state index in [1.54, 1.807) is 11.0 Å². The molecule has 19 heavy (non-hydrogen) atoms. The highest BCUT2D eigenvalue weighted by Gasteiger charge is 2.22. The van der Waals surface area contributed by atoms with E-state index in [1.165, 1.54) is 12.1 Å². The number of likely N-dealkylation sites (tertiary alicyclic amines) is 1. The average Bonchev–Trinajstić information content (AvgIpc) is 2.37. The van der Waals surface area contributed by atoms with Crippen molar-refractivity contribution in [3.05, 3.63) is 28.5 Å². The van der Waals surface area contributed by atoms with E-state index in [0.29, 0.717) is 24.0 Å². The minimum atomic E-state index is -0.513. The number of halogens is 2. The Labute approximate surface area is 119 Å². The Balaban J connectivity index is 1.89. The molecular weight excluding hydrogens is 317 g/mol. The van der Waals surface area contributed by atoms with Crippen LogP contribution in [0.2, 0.25) is 0 Å². The molecule has 1 aliphatic rings. The molecule has 0 spiro atoms. The second kappa shape index (κ2) is 6.34. The van der Waals surface area contributed by atoms with Gasteiger partial charge in [0.05, 0.1) is 6.10 Å². The number of β-amino-alcohol motifs (C(OH)–C–C–N with tert-alkyl or cyclic N) is 1. The lowest BCUT2D eigenvalue weighted by Crippen LogP contribution is -2.44. The first-order chi connectivity index (χ1) is 9.06. The van der Waals surface area contributed by atoms with Gasteiger partial charge in [-0.15, -0.1) is 0 Å². The number of aliphatic hydroxyl groups is 1. The van der Waals surface area contributed by atoms with E-state index in [9.17, 15) is 14.3 Å². The third-order valence-corrected chi connectivity index (χ3v) is 3.49. The smallest absolute Gasteiger partial charge is 0.260 e. The van der Waals surface area contributed by atoms with Crippen LogP contribution in [0.15, 0.2) is 22.7 Å². The van der Waals surface area contributed by atoms with Gasteiger partial charge in [0.25, 0.3) is 5.91 Å². The number of amides is 1. The molecule has 1 atom stereocenters. The van der Waals surface area contributed by atoms with Gasteiger partial charge in [0.15, 0.2) is 18.2 Å². The molecule has 1 heterocycles. The van der Waals surface area contributed by atoms with Gasteiger partial charge in [0, 0.05) is 17.6 Å². The van der Waals surface area contributed by atoms with E-state index >= 15 is 0 Å². The van der Waals surface area contributed by atoms with Gasteiger partial charge in [0.1, 0.15) is 0 Å². The van der Waals surface area contributed by atoms with E-state index in [0.717, 1.165) is 6.42 Å². The zero-order valence-electron chi connectivity index (χ0n) is 10.3. The van der Waals surface area contributed by atoms with Gasteiger partial charge in [-0.05, 0) is 31.0 Å². The number of hydrogen-bond donors (Lipinski definition) is 1. The molecule has 0 aliphatic carbocycles. The van der Waals surface area contributed by atoms with Crippen molar-refractivity contribution in [3.63, 3.8) is 0 Å². The third kappa shape index (κ3) is 3.91. The lowest BCUT2D eigenvalue weighted by molar-refractivity contribution is -0.136. The van der Waals surface area contributed by atoms with E-state index in [2.05, 4.69) is 15.9 Å². The first-order valence-electron chi connectivity index (χ1n) is 6.10. The molecule has 0 aromatic heterocycles. The first-order valence-corrected chi connectivity index (χ1v) is 6.89.